The van der Waals surface area contributed by atoms with Crippen molar-refractivity contribution in [3.63, 3.8) is 0 Å². The van der Waals surface area contributed by atoms with Gasteiger partial charge < -0.3 is 0 Å². The average Bonchev–Trinajstić information content (AvgIpc) is 2.80. The molecule has 0 aliphatic heterocycles. The van der Waals surface area contributed by atoms with Gasteiger partial charge in [0.05, 0.1) is 12.3 Å². The Balaban J connectivity index is 2.03. The fourth-order valence-corrected chi connectivity index (χ4v) is 7.05. The molecule has 0 amide bonds. The predicted octanol–water partition coefficient (Wildman–Crippen LogP) is 6.20. The van der Waals surface area contributed by atoms with Gasteiger partial charge in [0.2, 0.25) is 5.69 Å². The van der Waals surface area contributed by atoms with Crippen molar-refractivity contribution in [3.8, 4) is 11.3 Å². The molecular formula is C30H36NSi+. The standard InChI is InChI=1S/C30H36NSi/c1-20(2)24-16-21(3)23(5)29(19-24)30-28-15-14-27(18-25(28)17-22(4)31(30)6)32(7,8)26-12-10-9-11-13-26/h9-20H,1-8H3/q+1/i17D. The van der Waals surface area contributed by atoms with Crippen LogP contribution in [-0.4, -0.2) is 8.07 Å². The van der Waals surface area contributed by atoms with E-state index >= 15 is 0 Å². The fraction of sp³-hybridized carbons (Fsp3) is 0.300. The summed E-state index contributed by atoms with van der Waals surface area (Å²) < 4.78 is 11.2. The Morgan fingerprint density at radius 1 is 0.875 bits per heavy atom. The average molecular weight is 440 g/mol. The van der Waals surface area contributed by atoms with Crippen LogP contribution < -0.4 is 14.9 Å². The first-order chi connectivity index (χ1) is 15.5. The van der Waals surface area contributed by atoms with Crippen LogP contribution in [0.25, 0.3) is 22.0 Å². The maximum atomic E-state index is 9.00. The summed E-state index contributed by atoms with van der Waals surface area (Å²) in [5, 5.41) is 5.02. The number of pyridine rings is 1. The highest BCUT2D eigenvalue weighted by Crippen LogP contribution is 2.33. The van der Waals surface area contributed by atoms with E-state index in [9.17, 15) is 0 Å². The zero-order chi connectivity index (χ0) is 24.1. The molecule has 0 saturated carbocycles. The number of rotatable bonds is 4. The van der Waals surface area contributed by atoms with E-state index in [4.69, 9.17) is 1.37 Å². The summed E-state index contributed by atoms with van der Waals surface area (Å²) in [6, 6.07) is 23.1. The van der Waals surface area contributed by atoms with Gasteiger partial charge in [0.15, 0.2) is 5.69 Å². The normalized spacial score (nSPS) is 12.5. The Bertz CT molecular complexity index is 1350. The van der Waals surface area contributed by atoms with Gasteiger partial charge in [-0.15, -0.1) is 0 Å². The molecule has 1 aromatic heterocycles. The Kier molecular flexibility index (Phi) is 5.50. The first kappa shape index (κ1) is 21.1. The summed E-state index contributed by atoms with van der Waals surface area (Å²) in [7, 11) is 0.250. The number of aryl methyl sites for hydroxylation is 1. The highest BCUT2D eigenvalue weighted by Gasteiger charge is 2.28. The molecule has 0 bridgehead atoms. The van der Waals surface area contributed by atoms with Crippen LogP contribution in [0.5, 0.6) is 0 Å². The molecule has 32 heavy (non-hydrogen) atoms. The minimum absolute atomic E-state index is 0.473. The van der Waals surface area contributed by atoms with Gasteiger partial charge in [-0.2, -0.15) is 4.57 Å². The largest absolute Gasteiger partial charge is 0.220 e. The van der Waals surface area contributed by atoms with E-state index in [-0.39, 0.29) is 0 Å². The molecule has 3 aromatic carbocycles. The van der Waals surface area contributed by atoms with E-state index in [0.29, 0.717) is 12.0 Å². The third kappa shape index (κ3) is 3.82. The molecule has 164 valence electrons. The molecule has 0 atom stereocenters. The lowest BCUT2D eigenvalue weighted by atomic mass is 9.90. The molecule has 0 aliphatic carbocycles. The van der Waals surface area contributed by atoms with Crippen LogP contribution in [-0.2, 0) is 7.05 Å². The molecular weight excluding hydrogens is 402 g/mol. The van der Waals surface area contributed by atoms with Gasteiger partial charge >= 0.3 is 0 Å². The Labute approximate surface area is 196 Å². The molecule has 0 radical (unpaired) electrons. The molecule has 0 fully saturated rings. The number of aromatic nitrogens is 1. The van der Waals surface area contributed by atoms with Crippen molar-refractivity contribution in [1.82, 2.24) is 0 Å². The van der Waals surface area contributed by atoms with Gasteiger partial charge in [-0.1, -0.05) is 85.8 Å². The molecule has 1 heterocycles. The maximum Gasteiger partial charge on any atom is 0.220 e. The van der Waals surface area contributed by atoms with E-state index in [0.717, 1.165) is 16.5 Å². The van der Waals surface area contributed by atoms with Crippen molar-refractivity contribution in [3.05, 3.63) is 89.1 Å². The fourth-order valence-electron chi connectivity index (χ4n) is 4.68. The minimum Gasteiger partial charge on any atom is -0.198 e. The van der Waals surface area contributed by atoms with Crippen LogP contribution in [0, 0.1) is 20.8 Å². The summed E-state index contributed by atoms with van der Waals surface area (Å²) in [5.41, 5.74) is 7.50. The van der Waals surface area contributed by atoms with Gasteiger partial charge in [0.1, 0.15) is 15.1 Å². The summed E-state index contributed by atoms with van der Waals surface area (Å²) in [5.74, 6) is 0.473. The van der Waals surface area contributed by atoms with Crippen LogP contribution in [0.3, 0.4) is 0 Å². The second kappa shape index (κ2) is 8.33. The van der Waals surface area contributed by atoms with Crippen molar-refractivity contribution in [1.29, 1.82) is 0 Å². The number of fused-ring (bicyclic) bond motifs is 1. The topological polar surface area (TPSA) is 3.88 Å². The van der Waals surface area contributed by atoms with Crippen molar-refractivity contribution in [2.24, 2.45) is 7.05 Å². The molecule has 4 rings (SSSR count). The molecule has 0 unspecified atom stereocenters. The molecule has 0 spiro atoms. The van der Waals surface area contributed by atoms with Crippen LogP contribution >= 0.6 is 0 Å². The van der Waals surface area contributed by atoms with Crippen molar-refractivity contribution >= 4 is 29.2 Å². The molecule has 0 saturated heterocycles. The SMILES string of the molecule is [2H]c1c(C)[n+](C)c(-c2cc(C(C)C)cc(C)c2C)c2ccc([Si](C)(C)c3ccccc3)cc12. The predicted molar refractivity (Wildman–Crippen MR) is 142 cm³/mol. The maximum absolute atomic E-state index is 9.00. The second-order valence-corrected chi connectivity index (χ2v) is 14.4. The smallest absolute Gasteiger partial charge is 0.198 e. The third-order valence-corrected chi connectivity index (χ3v) is 10.8. The molecule has 0 N–H and O–H groups in total. The highest BCUT2D eigenvalue weighted by atomic mass is 28.3. The van der Waals surface area contributed by atoms with E-state index in [1.54, 1.807) is 0 Å². The lowest BCUT2D eigenvalue weighted by molar-refractivity contribution is -0.665. The van der Waals surface area contributed by atoms with Crippen LogP contribution in [0.2, 0.25) is 13.1 Å². The van der Waals surface area contributed by atoms with Crippen LogP contribution in [0.15, 0.2) is 66.7 Å². The molecule has 1 nitrogen and oxygen atoms in total. The lowest BCUT2D eigenvalue weighted by Crippen LogP contribution is -2.52. The number of hydrogen-bond donors (Lipinski definition) is 0. The summed E-state index contributed by atoms with van der Waals surface area (Å²) in [4.78, 5) is 0. The van der Waals surface area contributed by atoms with Crippen LogP contribution in [0.4, 0.5) is 0 Å². The molecule has 2 heteroatoms. The van der Waals surface area contributed by atoms with Gasteiger partial charge in [0, 0.05) is 13.0 Å². The summed E-state index contributed by atoms with van der Waals surface area (Å²) in [6.45, 7) is 15.8. The first-order valence-electron chi connectivity index (χ1n) is 12.1. The minimum atomic E-state index is -1.86. The highest BCUT2D eigenvalue weighted by molar-refractivity contribution is 7.00. The Hall–Kier alpha value is -2.71. The number of nitrogens with zero attached hydrogens (tertiary/aromatic N) is 1. The van der Waals surface area contributed by atoms with Gasteiger partial charge in [0.25, 0.3) is 0 Å². The van der Waals surface area contributed by atoms with E-state index in [1.807, 2.05) is 0 Å². The Morgan fingerprint density at radius 2 is 1.56 bits per heavy atom. The van der Waals surface area contributed by atoms with Gasteiger partial charge in [-0.3, -0.25) is 0 Å². The summed E-state index contributed by atoms with van der Waals surface area (Å²) >= 11 is 0. The van der Waals surface area contributed by atoms with E-state index < -0.39 is 8.07 Å². The van der Waals surface area contributed by atoms with Crippen molar-refractivity contribution < 1.29 is 5.94 Å². The van der Waals surface area contributed by atoms with E-state index in [1.165, 1.54) is 38.3 Å². The quantitative estimate of drug-likeness (QED) is 0.263. The number of benzene rings is 3. The molecule has 0 aliphatic rings. The zero-order valence-corrected chi connectivity index (χ0v) is 21.8. The molecule has 4 aromatic rings. The van der Waals surface area contributed by atoms with Gasteiger partial charge in [-0.25, -0.2) is 0 Å². The first-order valence-corrected chi connectivity index (χ1v) is 14.6. The Morgan fingerprint density at radius 3 is 2.22 bits per heavy atom. The van der Waals surface area contributed by atoms with E-state index in [2.05, 4.69) is 120 Å². The second-order valence-electron chi connectivity index (χ2n) is 10.0. The third-order valence-electron chi connectivity index (χ3n) is 7.26. The lowest BCUT2D eigenvalue weighted by Gasteiger charge is -2.24. The van der Waals surface area contributed by atoms with Gasteiger partial charge in [-0.05, 0) is 54.0 Å². The zero-order valence-electron chi connectivity index (χ0n) is 21.8. The van der Waals surface area contributed by atoms with Crippen molar-refractivity contribution in [2.45, 2.75) is 53.6 Å². The van der Waals surface area contributed by atoms with Crippen LogP contribution in [0.1, 0.15) is 43.5 Å². The number of hydrogen-bond acceptors (Lipinski definition) is 0. The van der Waals surface area contributed by atoms with Crippen molar-refractivity contribution in [2.75, 3.05) is 0 Å². The monoisotopic (exact) mass is 439 g/mol. The summed E-state index contributed by atoms with van der Waals surface area (Å²) in [6.07, 6.45) is 0.